The molecule has 0 saturated carbocycles. The summed E-state index contributed by atoms with van der Waals surface area (Å²) in [5, 5.41) is 0.493. The molecular weight excluding hydrogens is 367 g/mol. The van der Waals surface area contributed by atoms with Gasteiger partial charge in [0.25, 0.3) is 0 Å². The Hall–Kier alpha value is -0.500. The van der Waals surface area contributed by atoms with Crippen LogP contribution in [0.4, 0.5) is 0 Å². The number of halogens is 3. The molecule has 0 N–H and O–H groups in total. The maximum atomic E-state index is 6.60. The molecule has 0 aliphatic rings. The van der Waals surface area contributed by atoms with Crippen LogP contribution < -0.4 is 0 Å². The lowest BCUT2D eigenvalue weighted by Gasteiger charge is -2.24. The SMILES string of the molecule is CCC(C)(C)c1ccc(C(Cl)c2cc(Cl)cc(Br)c2)cc1. The van der Waals surface area contributed by atoms with Gasteiger partial charge in [0.05, 0.1) is 5.38 Å². The maximum Gasteiger partial charge on any atom is 0.0836 e. The van der Waals surface area contributed by atoms with Gasteiger partial charge in [-0.1, -0.05) is 72.6 Å². The molecule has 0 bridgehead atoms. The normalized spacial score (nSPS) is 13.2. The highest BCUT2D eigenvalue weighted by Crippen LogP contribution is 2.34. The van der Waals surface area contributed by atoms with Crippen molar-refractivity contribution in [2.75, 3.05) is 0 Å². The van der Waals surface area contributed by atoms with Gasteiger partial charge in [-0.2, -0.15) is 0 Å². The Morgan fingerprint density at radius 1 is 1.05 bits per heavy atom. The van der Waals surface area contributed by atoms with Crippen LogP contribution in [0.2, 0.25) is 5.02 Å². The van der Waals surface area contributed by atoms with E-state index < -0.39 is 0 Å². The van der Waals surface area contributed by atoms with E-state index in [0.717, 1.165) is 22.0 Å². The van der Waals surface area contributed by atoms with Crippen molar-refractivity contribution >= 4 is 39.1 Å². The summed E-state index contributed by atoms with van der Waals surface area (Å²) in [6.45, 7) is 6.73. The second-order valence-electron chi connectivity index (χ2n) is 5.92. The largest absolute Gasteiger partial charge is 0.113 e. The Morgan fingerprint density at radius 3 is 2.19 bits per heavy atom. The molecule has 0 amide bonds. The third-order valence-electron chi connectivity index (χ3n) is 4.05. The molecule has 0 aromatic heterocycles. The molecule has 3 heteroatoms. The number of rotatable bonds is 4. The molecule has 21 heavy (non-hydrogen) atoms. The average molecular weight is 386 g/mol. The molecule has 0 nitrogen and oxygen atoms in total. The van der Waals surface area contributed by atoms with E-state index in [9.17, 15) is 0 Å². The number of benzene rings is 2. The van der Waals surface area contributed by atoms with Crippen LogP contribution in [-0.2, 0) is 5.41 Å². The van der Waals surface area contributed by atoms with Crippen LogP contribution in [0.25, 0.3) is 0 Å². The molecule has 2 aromatic rings. The van der Waals surface area contributed by atoms with Gasteiger partial charge in [0.2, 0.25) is 0 Å². The summed E-state index contributed by atoms with van der Waals surface area (Å²) in [6.07, 6.45) is 1.11. The minimum Gasteiger partial charge on any atom is -0.113 e. The highest BCUT2D eigenvalue weighted by molar-refractivity contribution is 9.10. The molecule has 0 heterocycles. The topological polar surface area (TPSA) is 0 Å². The average Bonchev–Trinajstić information content (AvgIpc) is 2.45. The van der Waals surface area contributed by atoms with Gasteiger partial charge in [0.1, 0.15) is 0 Å². The fraction of sp³-hybridized carbons (Fsp3) is 0.333. The fourth-order valence-electron chi connectivity index (χ4n) is 2.22. The molecule has 0 spiro atoms. The standard InChI is InChI=1S/C18H19BrCl2/c1-4-18(2,3)14-7-5-12(6-8-14)17(21)13-9-15(19)11-16(20)10-13/h5-11,17H,4H2,1-3H3. The first-order chi connectivity index (χ1) is 9.83. The molecule has 0 aliphatic heterocycles. The zero-order valence-corrected chi connectivity index (χ0v) is 15.6. The predicted octanol–water partition coefficient (Wildman–Crippen LogP) is 7.12. The summed E-state index contributed by atoms with van der Waals surface area (Å²) >= 11 is 16.2. The Labute approximate surface area is 145 Å². The zero-order chi connectivity index (χ0) is 15.6. The lowest BCUT2D eigenvalue weighted by atomic mass is 9.82. The summed E-state index contributed by atoms with van der Waals surface area (Å²) < 4.78 is 0.944. The van der Waals surface area contributed by atoms with E-state index in [1.165, 1.54) is 5.56 Å². The van der Waals surface area contributed by atoms with Crippen molar-refractivity contribution in [2.45, 2.75) is 38.0 Å². The van der Waals surface area contributed by atoms with Crippen LogP contribution in [0.3, 0.4) is 0 Å². The van der Waals surface area contributed by atoms with Crippen molar-refractivity contribution in [1.82, 2.24) is 0 Å². The molecule has 0 fully saturated rings. The van der Waals surface area contributed by atoms with Gasteiger partial charge in [0, 0.05) is 9.50 Å². The van der Waals surface area contributed by atoms with Gasteiger partial charge in [0.15, 0.2) is 0 Å². The van der Waals surface area contributed by atoms with Crippen LogP contribution in [0.15, 0.2) is 46.9 Å². The van der Waals surface area contributed by atoms with Crippen LogP contribution in [-0.4, -0.2) is 0 Å². The molecule has 0 radical (unpaired) electrons. The molecule has 2 aromatic carbocycles. The van der Waals surface area contributed by atoms with Crippen molar-refractivity contribution in [3.8, 4) is 0 Å². The van der Waals surface area contributed by atoms with Crippen molar-refractivity contribution in [2.24, 2.45) is 0 Å². The van der Waals surface area contributed by atoms with Crippen molar-refractivity contribution < 1.29 is 0 Å². The first-order valence-corrected chi connectivity index (χ1v) is 8.65. The van der Waals surface area contributed by atoms with Gasteiger partial charge in [-0.25, -0.2) is 0 Å². The number of alkyl halides is 1. The van der Waals surface area contributed by atoms with Gasteiger partial charge >= 0.3 is 0 Å². The van der Waals surface area contributed by atoms with E-state index in [0.29, 0.717) is 5.02 Å². The zero-order valence-electron chi connectivity index (χ0n) is 12.5. The van der Waals surface area contributed by atoms with Crippen LogP contribution in [0.1, 0.15) is 49.3 Å². The third-order valence-corrected chi connectivity index (χ3v) is 5.23. The third kappa shape index (κ3) is 4.03. The van der Waals surface area contributed by atoms with E-state index in [1.807, 2.05) is 18.2 Å². The van der Waals surface area contributed by atoms with Gasteiger partial charge in [-0.3, -0.25) is 0 Å². The van der Waals surface area contributed by atoms with E-state index in [4.69, 9.17) is 23.2 Å². The Kier molecular flexibility index (Phi) is 5.40. The van der Waals surface area contributed by atoms with E-state index in [2.05, 4.69) is 61.0 Å². The molecule has 0 aliphatic carbocycles. The first-order valence-electron chi connectivity index (χ1n) is 7.04. The molecule has 1 unspecified atom stereocenters. The minimum absolute atomic E-state index is 0.194. The summed E-state index contributed by atoms with van der Waals surface area (Å²) in [4.78, 5) is 0. The van der Waals surface area contributed by atoms with Crippen LogP contribution in [0, 0.1) is 0 Å². The second-order valence-corrected chi connectivity index (χ2v) is 7.71. The lowest BCUT2D eigenvalue weighted by molar-refractivity contribution is 0.506. The van der Waals surface area contributed by atoms with Crippen molar-refractivity contribution in [1.29, 1.82) is 0 Å². The van der Waals surface area contributed by atoms with E-state index in [-0.39, 0.29) is 10.8 Å². The van der Waals surface area contributed by atoms with Crippen LogP contribution >= 0.6 is 39.1 Å². The highest BCUT2D eigenvalue weighted by Gasteiger charge is 2.19. The van der Waals surface area contributed by atoms with Crippen molar-refractivity contribution in [3.05, 3.63) is 68.7 Å². The molecule has 2 rings (SSSR count). The van der Waals surface area contributed by atoms with Gasteiger partial charge in [-0.05, 0) is 46.7 Å². The number of hydrogen-bond donors (Lipinski definition) is 0. The summed E-state index contributed by atoms with van der Waals surface area (Å²) in [5.41, 5.74) is 3.62. The Balaban J connectivity index is 2.30. The summed E-state index contributed by atoms with van der Waals surface area (Å²) in [6, 6.07) is 14.4. The molecule has 1 atom stereocenters. The quantitative estimate of drug-likeness (QED) is 0.491. The molecule has 112 valence electrons. The monoisotopic (exact) mass is 384 g/mol. The highest BCUT2D eigenvalue weighted by atomic mass is 79.9. The molecule has 0 saturated heterocycles. The van der Waals surface area contributed by atoms with Crippen LogP contribution in [0.5, 0.6) is 0 Å². The maximum absolute atomic E-state index is 6.60. The Morgan fingerprint density at radius 2 is 1.67 bits per heavy atom. The predicted molar refractivity (Wildman–Crippen MR) is 96.6 cm³/mol. The summed E-state index contributed by atoms with van der Waals surface area (Å²) in [5.74, 6) is 0. The van der Waals surface area contributed by atoms with Crippen molar-refractivity contribution in [3.63, 3.8) is 0 Å². The Bertz CT molecular complexity index is 597. The lowest BCUT2D eigenvalue weighted by Crippen LogP contribution is -2.15. The van der Waals surface area contributed by atoms with Gasteiger partial charge < -0.3 is 0 Å². The van der Waals surface area contributed by atoms with E-state index >= 15 is 0 Å². The fourth-order valence-corrected chi connectivity index (χ4v) is 3.38. The van der Waals surface area contributed by atoms with E-state index in [1.54, 1.807) is 0 Å². The minimum atomic E-state index is -0.196. The smallest absolute Gasteiger partial charge is 0.0836 e. The molecular formula is C18H19BrCl2. The summed E-state index contributed by atoms with van der Waals surface area (Å²) in [7, 11) is 0. The van der Waals surface area contributed by atoms with Gasteiger partial charge in [-0.15, -0.1) is 11.6 Å². The first kappa shape index (κ1) is 16.9. The second kappa shape index (κ2) is 6.73. The number of hydrogen-bond acceptors (Lipinski definition) is 0.